The van der Waals surface area contributed by atoms with E-state index < -0.39 is 0 Å². The lowest BCUT2D eigenvalue weighted by Gasteiger charge is -2.19. The van der Waals surface area contributed by atoms with Crippen LogP contribution in [0, 0.1) is 13.8 Å². The Bertz CT molecular complexity index is 593. The summed E-state index contributed by atoms with van der Waals surface area (Å²) in [5.41, 5.74) is 7.64. The second kappa shape index (κ2) is 6.72. The molecule has 1 unspecified atom stereocenters. The molecule has 2 nitrogen and oxygen atoms in total. The first kappa shape index (κ1) is 15.5. The summed E-state index contributed by atoms with van der Waals surface area (Å²) in [5, 5.41) is 0.723. The van der Waals surface area contributed by atoms with E-state index in [2.05, 4.69) is 53.4 Å². The van der Waals surface area contributed by atoms with Crippen LogP contribution in [0.3, 0.4) is 0 Å². The topological polar surface area (TPSA) is 38.0 Å². The predicted molar refractivity (Wildman–Crippen MR) is 88.8 cm³/mol. The van der Waals surface area contributed by atoms with Crippen LogP contribution >= 0.6 is 27.5 Å². The van der Waals surface area contributed by atoms with Crippen molar-refractivity contribution >= 4 is 27.5 Å². The number of rotatable bonds is 4. The van der Waals surface area contributed by atoms with Gasteiger partial charge in [-0.3, -0.25) is 11.3 Å². The zero-order valence-corrected chi connectivity index (χ0v) is 13.9. The van der Waals surface area contributed by atoms with Gasteiger partial charge >= 0.3 is 0 Å². The molecule has 2 aromatic carbocycles. The van der Waals surface area contributed by atoms with Crippen LogP contribution in [0.15, 0.2) is 40.9 Å². The molecule has 3 N–H and O–H groups in total. The van der Waals surface area contributed by atoms with E-state index in [0.717, 1.165) is 21.5 Å². The number of halogens is 2. The Morgan fingerprint density at radius 3 is 2.40 bits per heavy atom. The first-order chi connectivity index (χ1) is 9.49. The Kier molecular flexibility index (Phi) is 5.22. The third-order valence-electron chi connectivity index (χ3n) is 3.26. The van der Waals surface area contributed by atoms with Gasteiger partial charge in [-0.1, -0.05) is 56.9 Å². The maximum absolute atomic E-state index is 6.28. The molecule has 1 atom stereocenters. The Hall–Kier alpha value is -0.870. The largest absolute Gasteiger partial charge is 0.271 e. The SMILES string of the molecule is Cc1cc(C)cc(CC(NN)c2cc(Br)ccc2Cl)c1. The van der Waals surface area contributed by atoms with Crippen molar-refractivity contribution in [3.8, 4) is 0 Å². The minimum atomic E-state index is -0.0128. The summed E-state index contributed by atoms with van der Waals surface area (Å²) < 4.78 is 0.998. The van der Waals surface area contributed by atoms with Crippen LogP contribution in [-0.4, -0.2) is 0 Å². The van der Waals surface area contributed by atoms with Gasteiger partial charge in [-0.05, 0) is 49.6 Å². The van der Waals surface area contributed by atoms with Crippen molar-refractivity contribution in [2.75, 3.05) is 0 Å². The van der Waals surface area contributed by atoms with Gasteiger partial charge in [0.05, 0.1) is 6.04 Å². The van der Waals surface area contributed by atoms with Gasteiger partial charge in [-0.25, -0.2) is 0 Å². The summed E-state index contributed by atoms with van der Waals surface area (Å²) in [6.45, 7) is 4.21. The molecule has 0 spiro atoms. The van der Waals surface area contributed by atoms with Gasteiger partial charge in [0.15, 0.2) is 0 Å². The maximum atomic E-state index is 6.28. The number of hydrazine groups is 1. The van der Waals surface area contributed by atoms with Crippen molar-refractivity contribution < 1.29 is 0 Å². The molecule has 0 aliphatic rings. The van der Waals surface area contributed by atoms with Crippen molar-refractivity contribution in [1.82, 2.24) is 5.43 Å². The summed E-state index contributed by atoms with van der Waals surface area (Å²) in [6.07, 6.45) is 0.801. The molecule has 0 aliphatic heterocycles. The standard InChI is InChI=1S/C16H18BrClN2/c1-10-5-11(2)7-12(6-10)8-16(20-19)14-9-13(17)3-4-15(14)18/h3-7,9,16,20H,8,19H2,1-2H3. The van der Waals surface area contributed by atoms with Gasteiger partial charge in [-0.2, -0.15) is 0 Å². The molecule has 20 heavy (non-hydrogen) atoms. The zero-order valence-electron chi connectivity index (χ0n) is 11.6. The molecule has 4 heteroatoms. The molecule has 0 saturated heterocycles. The number of hydrogen-bond donors (Lipinski definition) is 2. The first-order valence-corrected chi connectivity index (χ1v) is 7.65. The molecule has 0 amide bonds. The Labute approximate surface area is 133 Å². The van der Waals surface area contributed by atoms with Crippen LogP contribution in [0.2, 0.25) is 5.02 Å². The molecule has 0 heterocycles. The van der Waals surface area contributed by atoms with Gasteiger partial charge in [0.1, 0.15) is 0 Å². The summed E-state index contributed by atoms with van der Waals surface area (Å²) in [6, 6.07) is 12.3. The van der Waals surface area contributed by atoms with E-state index in [-0.39, 0.29) is 6.04 Å². The van der Waals surface area contributed by atoms with Crippen LogP contribution in [0.5, 0.6) is 0 Å². The smallest absolute Gasteiger partial charge is 0.0515 e. The minimum Gasteiger partial charge on any atom is -0.271 e. The highest BCUT2D eigenvalue weighted by atomic mass is 79.9. The number of hydrogen-bond acceptors (Lipinski definition) is 2. The summed E-state index contributed by atoms with van der Waals surface area (Å²) in [4.78, 5) is 0. The molecule has 0 aromatic heterocycles. The normalized spacial score (nSPS) is 12.4. The lowest BCUT2D eigenvalue weighted by atomic mass is 9.97. The fourth-order valence-electron chi connectivity index (χ4n) is 2.46. The first-order valence-electron chi connectivity index (χ1n) is 6.48. The van der Waals surface area contributed by atoms with Crippen LogP contribution in [0.1, 0.15) is 28.3 Å². The molecule has 2 aromatic rings. The van der Waals surface area contributed by atoms with E-state index in [1.165, 1.54) is 16.7 Å². The molecule has 0 fully saturated rings. The van der Waals surface area contributed by atoms with Gasteiger partial charge < -0.3 is 0 Å². The number of benzene rings is 2. The van der Waals surface area contributed by atoms with E-state index in [0.29, 0.717) is 0 Å². The van der Waals surface area contributed by atoms with E-state index in [1.807, 2.05) is 18.2 Å². The average molecular weight is 354 g/mol. The Morgan fingerprint density at radius 1 is 1.15 bits per heavy atom. The van der Waals surface area contributed by atoms with E-state index in [1.54, 1.807) is 0 Å². The van der Waals surface area contributed by atoms with Crippen LogP contribution < -0.4 is 11.3 Å². The van der Waals surface area contributed by atoms with Gasteiger partial charge in [0, 0.05) is 9.50 Å². The molecular formula is C16H18BrClN2. The third kappa shape index (κ3) is 3.83. The highest BCUT2D eigenvalue weighted by molar-refractivity contribution is 9.10. The molecule has 0 bridgehead atoms. The van der Waals surface area contributed by atoms with E-state index >= 15 is 0 Å². The average Bonchev–Trinajstić information content (AvgIpc) is 2.38. The van der Waals surface area contributed by atoms with Crippen molar-refractivity contribution in [2.45, 2.75) is 26.3 Å². The van der Waals surface area contributed by atoms with Crippen LogP contribution in [0.25, 0.3) is 0 Å². The minimum absolute atomic E-state index is 0.0128. The summed E-state index contributed by atoms with van der Waals surface area (Å²) in [5.74, 6) is 5.72. The highest BCUT2D eigenvalue weighted by Crippen LogP contribution is 2.28. The van der Waals surface area contributed by atoms with Crippen molar-refractivity contribution in [3.05, 3.63) is 68.1 Å². The second-order valence-corrected chi connectivity index (χ2v) is 6.41. The lowest BCUT2D eigenvalue weighted by molar-refractivity contribution is 0.551. The van der Waals surface area contributed by atoms with E-state index in [9.17, 15) is 0 Å². The molecule has 106 valence electrons. The Balaban J connectivity index is 2.31. The Morgan fingerprint density at radius 2 is 1.80 bits per heavy atom. The highest BCUT2D eigenvalue weighted by Gasteiger charge is 2.15. The monoisotopic (exact) mass is 352 g/mol. The van der Waals surface area contributed by atoms with Gasteiger partial charge in [-0.15, -0.1) is 0 Å². The van der Waals surface area contributed by atoms with Crippen LogP contribution in [-0.2, 0) is 6.42 Å². The molecule has 0 aliphatic carbocycles. The second-order valence-electron chi connectivity index (χ2n) is 5.09. The zero-order chi connectivity index (χ0) is 14.7. The number of nitrogens with two attached hydrogens (primary N) is 1. The fraction of sp³-hybridized carbons (Fsp3) is 0.250. The number of nitrogens with one attached hydrogen (secondary N) is 1. The quantitative estimate of drug-likeness (QED) is 0.629. The van der Waals surface area contributed by atoms with Crippen molar-refractivity contribution in [2.24, 2.45) is 5.84 Å². The summed E-state index contributed by atoms with van der Waals surface area (Å²) >= 11 is 9.76. The fourth-order valence-corrected chi connectivity index (χ4v) is 3.09. The third-order valence-corrected chi connectivity index (χ3v) is 4.09. The van der Waals surface area contributed by atoms with Crippen LogP contribution in [0.4, 0.5) is 0 Å². The van der Waals surface area contributed by atoms with Crippen molar-refractivity contribution in [3.63, 3.8) is 0 Å². The predicted octanol–water partition coefficient (Wildman–Crippen LogP) is 4.47. The molecule has 0 radical (unpaired) electrons. The van der Waals surface area contributed by atoms with Crippen molar-refractivity contribution in [1.29, 1.82) is 0 Å². The molecule has 0 saturated carbocycles. The number of aryl methyl sites for hydroxylation is 2. The molecule has 2 rings (SSSR count). The van der Waals surface area contributed by atoms with Gasteiger partial charge in [0.25, 0.3) is 0 Å². The molecular weight excluding hydrogens is 336 g/mol. The van der Waals surface area contributed by atoms with E-state index in [4.69, 9.17) is 17.4 Å². The maximum Gasteiger partial charge on any atom is 0.0515 e. The summed E-state index contributed by atoms with van der Waals surface area (Å²) in [7, 11) is 0. The van der Waals surface area contributed by atoms with Gasteiger partial charge in [0.2, 0.25) is 0 Å². The lowest BCUT2D eigenvalue weighted by Crippen LogP contribution is -2.29.